The van der Waals surface area contributed by atoms with Crippen LogP contribution in [0.25, 0.3) is 0 Å². The first kappa shape index (κ1) is 15.7. The molecule has 0 saturated carbocycles. The molecule has 4 unspecified atom stereocenters. The largest absolute Gasteiger partial charge is 0.379 e. The maximum atomic E-state index is 5.70. The van der Waals surface area contributed by atoms with Gasteiger partial charge in [0.15, 0.2) is 0 Å². The van der Waals surface area contributed by atoms with Gasteiger partial charge in [0.2, 0.25) is 0 Å². The molecule has 0 spiro atoms. The number of fused-ring (bicyclic) bond motifs is 2. The van der Waals surface area contributed by atoms with Crippen molar-refractivity contribution in [3.05, 3.63) is 0 Å². The smallest absolute Gasteiger partial charge is 0.0718 e. The Kier molecular flexibility index (Phi) is 5.54. The van der Waals surface area contributed by atoms with Gasteiger partial charge in [-0.25, -0.2) is 0 Å². The van der Waals surface area contributed by atoms with Gasteiger partial charge in [-0.15, -0.1) is 0 Å². The molecule has 3 rings (SSSR count). The Labute approximate surface area is 129 Å². The lowest BCUT2D eigenvalue weighted by molar-refractivity contribution is 0.0116. The molecule has 21 heavy (non-hydrogen) atoms. The van der Waals surface area contributed by atoms with Crippen molar-refractivity contribution in [1.82, 2.24) is 9.80 Å². The van der Waals surface area contributed by atoms with E-state index in [4.69, 9.17) is 9.47 Å². The highest BCUT2D eigenvalue weighted by atomic mass is 16.5. The van der Waals surface area contributed by atoms with E-state index < -0.39 is 0 Å². The van der Waals surface area contributed by atoms with Crippen LogP contribution in [0.3, 0.4) is 0 Å². The summed E-state index contributed by atoms with van der Waals surface area (Å²) in [5.41, 5.74) is 0. The lowest BCUT2D eigenvalue weighted by Gasteiger charge is -2.33. The molecule has 3 aliphatic rings. The van der Waals surface area contributed by atoms with Crippen LogP contribution in [0.1, 0.15) is 46.0 Å². The summed E-state index contributed by atoms with van der Waals surface area (Å²) in [6, 6.07) is 2.18. The van der Waals surface area contributed by atoms with Gasteiger partial charge in [0.1, 0.15) is 0 Å². The normalized spacial score (nSPS) is 33.4. The first-order valence-corrected chi connectivity index (χ1v) is 8.93. The van der Waals surface area contributed by atoms with E-state index in [-0.39, 0.29) is 0 Å². The highest BCUT2D eigenvalue weighted by Gasteiger charge is 2.40. The van der Waals surface area contributed by atoms with Crippen molar-refractivity contribution in [2.75, 3.05) is 39.5 Å². The molecular weight excluding hydrogens is 264 g/mol. The van der Waals surface area contributed by atoms with Crippen LogP contribution < -0.4 is 0 Å². The van der Waals surface area contributed by atoms with Crippen molar-refractivity contribution in [2.45, 2.75) is 70.2 Å². The second-order valence-corrected chi connectivity index (χ2v) is 7.17. The monoisotopic (exact) mass is 296 g/mol. The van der Waals surface area contributed by atoms with Gasteiger partial charge in [-0.1, -0.05) is 12.8 Å². The molecule has 0 radical (unpaired) electrons. The van der Waals surface area contributed by atoms with E-state index >= 15 is 0 Å². The first-order chi connectivity index (χ1) is 10.2. The van der Waals surface area contributed by atoms with E-state index in [1.165, 1.54) is 38.6 Å². The molecule has 3 saturated heterocycles. The molecule has 0 amide bonds. The third kappa shape index (κ3) is 3.98. The van der Waals surface area contributed by atoms with Crippen LogP contribution in [0.4, 0.5) is 0 Å². The number of morpholine rings is 2. The molecule has 0 aliphatic carbocycles. The van der Waals surface area contributed by atoms with Gasteiger partial charge in [-0.3, -0.25) is 9.80 Å². The van der Waals surface area contributed by atoms with Crippen LogP contribution in [0.2, 0.25) is 0 Å². The number of likely N-dealkylation sites (tertiary alicyclic amines) is 1. The van der Waals surface area contributed by atoms with Gasteiger partial charge in [0, 0.05) is 37.8 Å². The quantitative estimate of drug-likeness (QED) is 0.672. The summed E-state index contributed by atoms with van der Waals surface area (Å²) >= 11 is 0. The van der Waals surface area contributed by atoms with Crippen molar-refractivity contribution in [3.8, 4) is 0 Å². The predicted molar refractivity (Wildman–Crippen MR) is 84.6 cm³/mol. The van der Waals surface area contributed by atoms with Crippen LogP contribution >= 0.6 is 0 Å². The second-order valence-electron chi connectivity index (χ2n) is 7.17. The fourth-order valence-electron chi connectivity index (χ4n) is 4.22. The summed E-state index contributed by atoms with van der Waals surface area (Å²) in [5, 5.41) is 0. The SMILES string of the molecule is CC(CCCCC(C)N1CC2CC1CO2)N1CCOCC1. The van der Waals surface area contributed by atoms with Gasteiger partial charge in [0.05, 0.1) is 25.9 Å². The molecule has 3 fully saturated rings. The topological polar surface area (TPSA) is 24.9 Å². The van der Waals surface area contributed by atoms with Gasteiger partial charge >= 0.3 is 0 Å². The molecule has 122 valence electrons. The number of nitrogens with zero attached hydrogens (tertiary/aromatic N) is 2. The minimum absolute atomic E-state index is 0.541. The van der Waals surface area contributed by atoms with Crippen LogP contribution in [0.15, 0.2) is 0 Å². The van der Waals surface area contributed by atoms with E-state index in [1.54, 1.807) is 0 Å². The van der Waals surface area contributed by atoms with Crippen molar-refractivity contribution < 1.29 is 9.47 Å². The molecule has 0 aromatic heterocycles. The predicted octanol–water partition coefficient (Wildman–Crippen LogP) is 2.13. The molecule has 4 nitrogen and oxygen atoms in total. The summed E-state index contributed by atoms with van der Waals surface area (Å²) < 4.78 is 11.1. The summed E-state index contributed by atoms with van der Waals surface area (Å²) in [6.07, 6.45) is 7.23. The van der Waals surface area contributed by atoms with Crippen molar-refractivity contribution >= 4 is 0 Å². The Morgan fingerprint density at radius 3 is 2.38 bits per heavy atom. The van der Waals surface area contributed by atoms with Crippen LogP contribution in [0, 0.1) is 0 Å². The van der Waals surface area contributed by atoms with Gasteiger partial charge in [-0.05, 0) is 33.1 Å². The van der Waals surface area contributed by atoms with Crippen LogP contribution in [-0.4, -0.2) is 73.5 Å². The lowest BCUT2D eigenvalue weighted by Crippen LogP contribution is -2.43. The highest BCUT2D eigenvalue weighted by Crippen LogP contribution is 2.30. The summed E-state index contributed by atoms with van der Waals surface area (Å²) in [6.45, 7) is 11.0. The zero-order valence-electron chi connectivity index (χ0n) is 13.8. The highest BCUT2D eigenvalue weighted by molar-refractivity contribution is 4.93. The summed E-state index contributed by atoms with van der Waals surface area (Å²) in [5.74, 6) is 0. The first-order valence-electron chi connectivity index (χ1n) is 8.93. The average Bonchev–Trinajstić information content (AvgIpc) is 3.15. The maximum absolute atomic E-state index is 5.70. The number of unbranched alkanes of at least 4 members (excludes halogenated alkanes) is 1. The van der Waals surface area contributed by atoms with Gasteiger partial charge < -0.3 is 9.47 Å². The standard InChI is InChI=1S/C17H32N2O2/c1-14(18-7-9-20-10-8-18)5-3-4-6-15(2)19-12-17-11-16(19)13-21-17/h14-17H,3-13H2,1-2H3. The van der Waals surface area contributed by atoms with E-state index in [2.05, 4.69) is 23.6 Å². The van der Waals surface area contributed by atoms with Crippen molar-refractivity contribution in [1.29, 1.82) is 0 Å². The Balaban J connectivity index is 1.29. The molecule has 3 heterocycles. The minimum Gasteiger partial charge on any atom is -0.379 e. The molecule has 3 aliphatic heterocycles. The van der Waals surface area contributed by atoms with Crippen LogP contribution in [-0.2, 0) is 9.47 Å². The summed E-state index contributed by atoms with van der Waals surface area (Å²) in [4.78, 5) is 5.28. The number of ether oxygens (including phenoxy) is 2. The number of hydrogen-bond acceptors (Lipinski definition) is 4. The lowest BCUT2D eigenvalue weighted by atomic mass is 10.0. The Morgan fingerprint density at radius 1 is 1.05 bits per heavy atom. The van der Waals surface area contributed by atoms with E-state index in [0.717, 1.165) is 51.0 Å². The minimum atomic E-state index is 0.541. The molecular formula is C17H32N2O2. The number of hydrogen-bond donors (Lipinski definition) is 0. The molecule has 4 heteroatoms. The zero-order valence-corrected chi connectivity index (χ0v) is 13.8. The third-order valence-electron chi connectivity index (χ3n) is 5.67. The van der Waals surface area contributed by atoms with Gasteiger partial charge in [-0.2, -0.15) is 0 Å². The summed E-state index contributed by atoms with van der Waals surface area (Å²) in [7, 11) is 0. The van der Waals surface area contributed by atoms with E-state index in [1.807, 2.05) is 0 Å². The molecule has 2 bridgehead atoms. The molecule has 4 atom stereocenters. The Morgan fingerprint density at radius 2 is 1.76 bits per heavy atom. The molecule has 0 aromatic carbocycles. The molecule has 0 aromatic rings. The molecule has 0 N–H and O–H groups in total. The third-order valence-corrected chi connectivity index (χ3v) is 5.67. The van der Waals surface area contributed by atoms with Crippen molar-refractivity contribution in [2.24, 2.45) is 0 Å². The van der Waals surface area contributed by atoms with Crippen LogP contribution in [0.5, 0.6) is 0 Å². The maximum Gasteiger partial charge on any atom is 0.0718 e. The Hall–Kier alpha value is -0.160. The second kappa shape index (κ2) is 7.40. The number of rotatable bonds is 7. The zero-order chi connectivity index (χ0) is 14.7. The Bertz CT molecular complexity index is 320. The van der Waals surface area contributed by atoms with Gasteiger partial charge in [0.25, 0.3) is 0 Å². The van der Waals surface area contributed by atoms with Crippen molar-refractivity contribution in [3.63, 3.8) is 0 Å². The van der Waals surface area contributed by atoms with E-state index in [9.17, 15) is 0 Å². The fourth-order valence-corrected chi connectivity index (χ4v) is 4.22. The van der Waals surface area contributed by atoms with E-state index in [0.29, 0.717) is 6.10 Å². The average molecular weight is 296 g/mol. The fraction of sp³-hybridized carbons (Fsp3) is 1.00.